The summed E-state index contributed by atoms with van der Waals surface area (Å²) in [4.78, 5) is 0. The summed E-state index contributed by atoms with van der Waals surface area (Å²) in [5.41, 5.74) is 11.1. The molecule has 1 aromatic carbocycles. The second-order valence-electron chi connectivity index (χ2n) is 6.09. The van der Waals surface area contributed by atoms with Crippen molar-refractivity contribution in [2.24, 2.45) is 5.73 Å². The van der Waals surface area contributed by atoms with Gasteiger partial charge in [0.15, 0.2) is 0 Å². The summed E-state index contributed by atoms with van der Waals surface area (Å²) >= 11 is 0. The van der Waals surface area contributed by atoms with E-state index < -0.39 is 0 Å². The van der Waals surface area contributed by atoms with Crippen LogP contribution < -0.4 is 15.8 Å². The predicted molar refractivity (Wildman–Crippen MR) is 81.9 cm³/mol. The molecule has 1 atom stereocenters. The third-order valence-electron chi connectivity index (χ3n) is 3.76. The van der Waals surface area contributed by atoms with Gasteiger partial charge in [0, 0.05) is 11.6 Å². The number of hydrogen-bond donors (Lipinski definition) is 2. The molecular weight excluding hydrogens is 236 g/mol. The molecule has 0 saturated heterocycles. The van der Waals surface area contributed by atoms with Crippen LogP contribution in [0.5, 0.6) is 5.75 Å². The molecular formula is C16H28N2O. The van der Waals surface area contributed by atoms with E-state index in [-0.39, 0.29) is 11.6 Å². The van der Waals surface area contributed by atoms with Gasteiger partial charge in [-0.25, -0.2) is 0 Å². The van der Waals surface area contributed by atoms with Gasteiger partial charge in [0.2, 0.25) is 0 Å². The minimum atomic E-state index is -0.194. The maximum absolute atomic E-state index is 6.18. The smallest absolute Gasteiger partial charge is 0.122 e. The summed E-state index contributed by atoms with van der Waals surface area (Å²) in [7, 11) is 3.72. The Balaban J connectivity index is 3.29. The van der Waals surface area contributed by atoms with E-state index in [1.165, 1.54) is 22.3 Å². The zero-order chi connectivity index (χ0) is 14.8. The van der Waals surface area contributed by atoms with Gasteiger partial charge in [0.05, 0.1) is 7.11 Å². The Hall–Kier alpha value is -1.06. The van der Waals surface area contributed by atoms with Crippen molar-refractivity contribution in [3.8, 4) is 5.75 Å². The van der Waals surface area contributed by atoms with Crippen LogP contribution in [-0.4, -0.2) is 19.7 Å². The van der Waals surface area contributed by atoms with Crippen molar-refractivity contribution in [3.05, 3.63) is 28.3 Å². The van der Waals surface area contributed by atoms with Gasteiger partial charge in [-0.2, -0.15) is 0 Å². The van der Waals surface area contributed by atoms with Gasteiger partial charge in [0.1, 0.15) is 5.75 Å². The average Bonchev–Trinajstić information content (AvgIpc) is 2.31. The fraction of sp³-hybridized carbons (Fsp3) is 0.625. The third-order valence-corrected chi connectivity index (χ3v) is 3.76. The van der Waals surface area contributed by atoms with E-state index in [0.717, 1.165) is 12.2 Å². The van der Waals surface area contributed by atoms with Gasteiger partial charge in [0.25, 0.3) is 0 Å². The van der Waals surface area contributed by atoms with Crippen molar-refractivity contribution >= 4 is 0 Å². The number of rotatable bonds is 5. The molecule has 0 aliphatic carbocycles. The van der Waals surface area contributed by atoms with E-state index >= 15 is 0 Å². The Morgan fingerprint density at radius 3 is 2.26 bits per heavy atom. The highest BCUT2D eigenvalue weighted by atomic mass is 16.5. The van der Waals surface area contributed by atoms with Crippen molar-refractivity contribution in [1.82, 2.24) is 5.32 Å². The Labute approximate surface area is 117 Å². The van der Waals surface area contributed by atoms with Crippen LogP contribution in [-0.2, 0) is 0 Å². The zero-order valence-electron chi connectivity index (χ0n) is 13.3. The lowest BCUT2D eigenvalue weighted by Gasteiger charge is -2.29. The van der Waals surface area contributed by atoms with Crippen LogP contribution in [0.2, 0.25) is 0 Å². The van der Waals surface area contributed by atoms with E-state index in [0.29, 0.717) is 0 Å². The molecule has 1 aromatic rings. The van der Waals surface area contributed by atoms with Gasteiger partial charge in [-0.15, -0.1) is 0 Å². The predicted octanol–water partition coefficient (Wildman–Crippen LogP) is 3.01. The number of nitrogens with two attached hydrogens (primary N) is 1. The first-order valence-electron chi connectivity index (χ1n) is 6.82. The average molecular weight is 264 g/mol. The van der Waals surface area contributed by atoms with E-state index in [1.807, 2.05) is 7.05 Å². The van der Waals surface area contributed by atoms with Crippen LogP contribution in [0.25, 0.3) is 0 Å². The van der Waals surface area contributed by atoms with E-state index in [4.69, 9.17) is 10.5 Å². The Bertz CT molecular complexity index is 447. The van der Waals surface area contributed by atoms with Crippen LogP contribution in [0.15, 0.2) is 6.07 Å². The van der Waals surface area contributed by atoms with Gasteiger partial charge < -0.3 is 15.8 Å². The Kier molecular flexibility index (Phi) is 4.99. The summed E-state index contributed by atoms with van der Waals surface area (Å²) in [6.45, 7) is 10.5. The lowest BCUT2D eigenvalue weighted by Crippen LogP contribution is -2.37. The number of benzene rings is 1. The number of methoxy groups -OCH3 is 1. The minimum absolute atomic E-state index is 0.194. The zero-order valence-corrected chi connectivity index (χ0v) is 13.3. The Morgan fingerprint density at radius 1 is 1.26 bits per heavy atom. The molecule has 19 heavy (non-hydrogen) atoms. The molecule has 0 radical (unpaired) electrons. The van der Waals surface area contributed by atoms with Crippen LogP contribution in [0.1, 0.15) is 48.6 Å². The third kappa shape index (κ3) is 3.71. The summed E-state index contributed by atoms with van der Waals surface area (Å²) in [6, 6.07) is 2.38. The first-order chi connectivity index (χ1) is 8.71. The van der Waals surface area contributed by atoms with Gasteiger partial charge >= 0.3 is 0 Å². The maximum atomic E-state index is 6.18. The molecule has 1 rings (SSSR count). The highest BCUT2D eigenvalue weighted by Crippen LogP contribution is 2.33. The van der Waals surface area contributed by atoms with Crippen molar-refractivity contribution < 1.29 is 4.74 Å². The van der Waals surface area contributed by atoms with Crippen molar-refractivity contribution in [2.75, 3.05) is 14.2 Å². The first-order valence-corrected chi connectivity index (χ1v) is 6.82. The lowest BCUT2D eigenvalue weighted by molar-refractivity contribution is 0.391. The van der Waals surface area contributed by atoms with Crippen molar-refractivity contribution in [2.45, 2.75) is 52.6 Å². The summed E-state index contributed by atoms with van der Waals surface area (Å²) < 4.78 is 5.43. The molecule has 3 nitrogen and oxygen atoms in total. The number of ether oxygens (including phenoxy) is 1. The molecule has 0 fully saturated rings. The second kappa shape index (κ2) is 5.93. The molecule has 3 N–H and O–H groups in total. The number of hydrogen-bond acceptors (Lipinski definition) is 3. The van der Waals surface area contributed by atoms with E-state index in [2.05, 4.69) is 46.0 Å². The Morgan fingerprint density at radius 2 is 1.84 bits per heavy atom. The normalized spacial score (nSPS) is 13.5. The van der Waals surface area contributed by atoms with Crippen molar-refractivity contribution in [3.63, 3.8) is 0 Å². The summed E-state index contributed by atoms with van der Waals surface area (Å²) in [6.07, 6.45) is 0.900. The largest absolute Gasteiger partial charge is 0.496 e. The van der Waals surface area contributed by atoms with Crippen LogP contribution in [0.4, 0.5) is 0 Å². The standard InChI is InChI=1S/C16H28N2O/c1-10-8-14(19-7)11(2)12(3)15(10)13(18-6)9-16(4,5)17/h8,13,18H,9,17H2,1-7H3. The maximum Gasteiger partial charge on any atom is 0.122 e. The lowest BCUT2D eigenvalue weighted by atomic mass is 9.86. The highest BCUT2D eigenvalue weighted by Gasteiger charge is 2.23. The van der Waals surface area contributed by atoms with E-state index in [9.17, 15) is 0 Å². The molecule has 0 bridgehead atoms. The van der Waals surface area contributed by atoms with Gasteiger partial charge in [-0.1, -0.05) is 0 Å². The molecule has 0 aromatic heterocycles. The molecule has 0 amide bonds. The molecule has 0 aliphatic heterocycles. The molecule has 1 unspecified atom stereocenters. The highest BCUT2D eigenvalue weighted by molar-refractivity contribution is 5.49. The minimum Gasteiger partial charge on any atom is -0.496 e. The monoisotopic (exact) mass is 264 g/mol. The summed E-state index contributed by atoms with van der Waals surface area (Å²) in [5, 5.41) is 3.40. The molecule has 0 aliphatic rings. The molecule has 108 valence electrons. The van der Waals surface area contributed by atoms with Crippen LogP contribution in [0.3, 0.4) is 0 Å². The van der Waals surface area contributed by atoms with Crippen molar-refractivity contribution in [1.29, 1.82) is 0 Å². The summed E-state index contributed by atoms with van der Waals surface area (Å²) in [5.74, 6) is 0.959. The van der Waals surface area contributed by atoms with Crippen LogP contribution >= 0.6 is 0 Å². The van der Waals surface area contributed by atoms with Crippen LogP contribution in [0, 0.1) is 20.8 Å². The second-order valence-corrected chi connectivity index (χ2v) is 6.09. The van der Waals surface area contributed by atoms with Gasteiger partial charge in [-0.05, 0) is 76.4 Å². The molecule has 0 saturated carbocycles. The number of nitrogens with one attached hydrogen (secondary N) is 1. The number of aryl methyl sites for hydroxylation is 1. The van der Waals surface area contributed by atoms with Gasteiger partial charge in [-0.3, -0.25) is 0 Å². The fourth-order valence-corrected chi connectivity index (χ4v) is 2.69. The fourth-order valence-electron chi connectivity index (χ4n) is 2.69. The topological polar surface area (TPSA) is 47.3 Å². The quantitative estimate of drug-likeness (QED) is 0.859. The van der Waals surface area contributed by atoms with E-state index in [1.54, 1.807) is 7.11 Å². The SMILES string of the molecule is CNC(CC(C)(C)N)c1c(C)cc(OC)c(C)c1C. The first kappa shape index (κ1) is 16.0. The molecule has 0 heterocycles. The molecule has 3 heteroatoms. The molecule has 0 spiro atoms.